The molecule has 1 aliphatic heterocycles. The summed E-state index contributed by atoms with van der Waals surface area (Å²) in [7, 11) is 1.46. The molecule has 0 radical (unpaired) electrons. The second-order valence-corrected chi connectivity index (χ2v) is 5.66. The molecule has 1 heterocycles. The van der Waals surface area contributed by atoms with Gasteiger partial charge in [-0.1, -0.05) is 6.07 Å². The van der Waals surface area contributed by atoms with Crippen LogP contribution in [0.3, 0.4) is 0 Å². The van der Waals surface area contributed by atoms with Crippen molar-refractivity contribution in [2.75, 3.05) is 12.0 Å². The first-order chi connectivity index (χ1) is 13.3. The third-order valence-electron chi connectivity index (χ3n) is 3.94. The Hall–Kier alpha value is -4.21. The first kappa shape index (κ1) is 18.6. The average molecular weight is 383 g/mol. The van der Waals surface area contributed by atoms with Gasteiger partial charge >= 0.3 is 11.7 Å². The largest absolute Gasteiger partial charge is 0.502 e. The number of hydrogen-bond donors (Lipinski definition) is 2. The van der Waals surface area contributed by atoms with Gasteiger partial charge < -0.3 is 9.84 Å². The van der Waals surface area contributed by atoms with Gasteiger partial charge in [-0.05, 0) is 42.0 Å². The molecule has 4 amide bonds. The minimum atomic E-state index is -0.935. The Morgan fingerprint density at radius 3 is 2.43 bits per heavy atom. The number of phenols is 1. The van der Waals surface area contributed by atoms with Crippen LogP contribution in [-0.2, 0) is 9.59 Å². The van der Waals surface area contributed by atoms with Crippen LogP contribution in [0.2, 0.25) is 0 Å². The van der Waals surface area contributed by atoms with Crippen LogP contribution in [-0.4, -0.2) is 35.0 Å². The van der Waals surface area contributed by atoms with E-state index in [0.29, 0.717) is 5.75 Å². The van der Waals surface area contributed by atoms with Crippen LogP contribution in [0, 0.1) is 10.1 Å². The molecule has 10 heteroatoms. The molecule has 0 unspecified atom stereocenters. The Morgan fingerprint density at radius 2 is 1.82 bits per heavy atom. The van der Waals surface area contributed by atoms with Gasteiger partial charge in [0, 0.05) is 6.07 Å². The highest BCUT2D eigenvalue weighted by atomic mass is 16.6. The van der Waals surface area contributed by atoms with E-state index in [9.17, 15) is 29.6 Å². The monoisotopic (exact) mass is 383 g/mol. The first-order valence-electron chi connectivity index (χ1n) is 7.84. The number of hydrogen-bond acceptors (Lipinski definition) is 7. The normalized spacial score (nSPS) is 15.5. The second-order valence-electron chi connectivity index (χ2n) is 5.66. The van der Waals surface area contributed by atoms with Crippen LogP contribution in [0.1, 0.15) is 5.56 Å². The van der Waals surface area contributed by atoms with Crippen molar-refractivity contribution in [1.29, 1.82) is 0 Å². The quantitative estimate of drug-likeness (QED) is 0.356. The topological polar surface area (TPSA) is 139 Å². The van der Waals surface area contributed by atoms with E-state index in [-0.39, 0.29) is 11.3 Å². The first-order valence-corrected chi connectivity index (χ1v) is 7.84. The Balaban J connectivity index is 2.01. The van der Waals surface area contributed by atoms with E-state index in [1.165, 1.54) is 25.3 Å². The number of anilines is 1. The van der Waals surface area contributed by atoms with Gasteiger partial charge in [0.05, 0.1) is 17.7 Å². The number of urea groups is 1. The van der Waals surface area contributed by atoms with Gasteiger partial charge in [-0.25, -0.2) is 9.69 Å². The third-order valence-corrected chi connectivity index (χ3v) is 3.94. The molecule has 2 N–H and O–H groups in total. The Morgan fingerprint density at radius 1 is 1.14 bits per heavy atom. The predicted octanol–water partition coefficient (Wildman–Crippen LogP) is 1.98. The molecule has 0 aliphatic carbocycles. The lowest BCUT2D eigenvalue weighted by molar-refractivity contribution is -0.385. The number of nitro groups is 1. The van der Waals surface area contributed by atoms with E-state index in [1.54, 1.807) is 12.1 Å². The Bertz CT molecular complexity index is 1030. The highest BCUT2D eigenvalue weighted by Gasteiger charge is 2.36. The van der Waals surface area contributed by atoms with Gasteiger partial charge in [-0.15, -0.1) is 0 Å². The highest BCUT2D eigenvalue weighted by Crippen LogP contribution is 2.28. The number of benzene rings is 2. The fraction of sp³-hybridized carbons (Fsp3) is 0.0556. The van der Waals surface area contributed by atoms with Crippen molar-refractivity contribution in [3.8, 4) is 11.5 Å². The zero-order chi connectivity index (χ0) is 20.4. The number of imide groups is 2. The van der Waals surface area contributed by atoms with E-state index in [0.717, 1.165) is 23.1 Å². The number of nitro benzene ring substituents is 1. The number of nitrogens with one attached hydrogen (secondary N) is 1. The van der Waals surface area contributed by atoms with Crippen LogP contribution in [0.25, 0.3) is 6.08 Å². The lowest BCUT2D eigenvalue weighted by Crippen LogP contribution is -2.54. The van der Waals surface area contributed by atoms with Crippen LogP contribution in [0.4, 0.5) is 16.2 Å². The summed E-state index contributed by atoms with van der Waals surface area (Å²) in [5, 5.41) is 22.5. The number of barbiturate groups is 1. The molecular formula is C18H13N3O7. The SMILES string of the molecule is COc1ccc(N2C(=O)NC(=O)C(=Cc3ccc(O)c([N+](=O)[O-])c3)C2=O)cc1. The predicted molar refractivity (Wildman–Crippen MR) is 96.8 cm³/mol. The molecule has 0 saturated carbocycles. The molecule has 2 aromatic rings. The molecule has 0 spiro atoms. The number of amides is 4. The maximum absolute atomic E-state index is 12.8. The molecule has 3 rings (SSSR count). The maximum Gasteiger partial charge on any atom is 0.335 e. The standard InChI is InChI=1S/C18H13N3O7/c1-28-12-5-3-11(4-6-12)20-17(24)13(16(23)19-18(20)25)8-10-2-7-15(22)14(9-10)21(26)27/h2-9,22H,1H3,(H,19,23,25). The molecule has 0 aromatic heterocycles. The van der Waals surface area contributed by atoms with E-state index in [1.807, 2.05) is 0 Å². The molecule has 28 heavy (non-hydrogen) atoms. The summed E-state index contributed by atoms with van der Waals surface area (Å²) < 4.78 is 5.02. The number of phenolic OH excluding ortho intramolecular Hbond substituents is 1. The Labute approximate surface area is 157 Å². The van der Waals surface area contributed by atoms with Crippen LogP contribution in [0.5, 0.6) is 11.5 Å². The molecule has 0 atom stereocenters. The van der Waals surface area contributed by atoms with Crippen molar-refractivity contribution < 1.29 is 29.2 Å². The van der Waals surface area contributed by atoms with Crippen molar-refractivity contribution in [2.45, 2.75) is 0 Å². The smallest absolute Gasteiger partial charge is 0.335 e. The Kier molecular flexibility index (Phi) is 4.77. The summed E-state index contributed by atoms with van der Waals surface area (Å²) in [6.45, 7) is 0. The minimum Gasteiger partial charge on any atom is -0.502 e. The van der Waals surface area contributed by atoms with Crippen molar-refractivity contribution in [3.05, 3.63) is 63.7 Å². The number of aromatic hydroxyl groups is 1. The number of nitrogens with zero attached hydrogens (tertiary/aromatic N) is 2. The van der Waals surface area contributed by atoms with Gasteiger partial charge in [-0.3, -0.25) is 25.0 Å². The van der Waals surface area contributed by atoms with Gasteiger partial charge in [-0.2, -0.15) is 0 Å². The molecular weight excluding hydrogens is 370 g/mol. The van der Waals surface area contributed by atoms with E-state index >= 15 is 0 Å². The van der Waals surface area contributed by atoms with Gasteiger partial charge in [0.2, 0.25) is 0 Å². The fourth-order valence-corrected chi connectivity index (χ4v) is 2.57. The highest BCUT2D eigenvalue weighted by molar-refractivity contribution is 6.39. The van der Waals surface area contributed by atoms with Gasteiger partial charge in [0.1, 0.15) is 11.3 Å². The van der Waals surface area contributed by atoms with Gasteiger partial charge in [0.15, 0.2) is 5.75 Å². The average Bonchev–Trinajstić information content (AvgIpc) is 2.66. The summed E-state index contributed by atoms with van der Waals surface area (Å²) in [6.07, 6.45) is 1.10. The molecule has 1 aliphatic rings. The van der Waals surface area contributed by atoms with E-state index in [2.05, 4.69) is 5.32 Å². The lowest BCUT2D eigenvalue weighted by Gasteiger charge is -2.26. The minimum absolute atomic E-state index is 0.132. The summed E-state index contributed by atoms with van der Waals surface area (Å²) in [6, 6.07) is 8.47. The number of carbonyl (C=O) groups is 3. The van der Waals surface area contributed by atoms with Crippen molar-refractivity contribution in [2.24, 2.45) is 0 Å². The number of rotatable bonds is 4. The fourth-order valence-electron chi connectivity index (χ4n) is 2.57. The maximum atomic E-state index is 12.8. The number of methoxy groups -OCH3 is 1. The van der Waals surface area contributed by atoms with Crippen molar-refractivity contribution in [1.82, 2.24) is 5.32 Å². The third kappa shape index (κ3) is 3.38. The zero-order valence-corrected chi connectivity index (χ0v) is 14.4. The molecule has 2 aromatic carbocycles. The second kappa shape index (κ2) is 7.19. The summed E-state index contributed by atoms with van der Waals surface area (Å²) in [5.74, 6) is -1.87. The van der Waals surface area contributed by atoms with E-state index in [4.69, 9.17) is 4.74 Å². The summed E-state index contributed by atoms with van der Waals surface area (Å²) in [5.41, 5.74) is -0.637. The number of carbonyl (C=O) groups excluding carboxylic acids is 3. The van der Waals surface area contributed by atoms with Crippen LogP contribution >= 0.6 is 0 Å². The molecule has 1 saturated heterocycles. The molecule has 0 bridgehead atoms. The van der Waals surface area contributed by atoms with Crippen molar-refractivity contribution >= 4 is 35.3 Å². The van der Waals surface area contributed by atoms with Crippen molar-refractivity contribution in [3.63, 3.8) is 0 Å². The summed E-state index contributed by atoms with van der Waals surface area (Å²) >= 11 is 0. The van der Waals surface area contributed by atoms with Crippen LogP contribution in [0.15, 0.2) is 48.0 Å². The number of ether oxygens (including phenoxy) is 1. The summed E-state index contributed by atoms with van der Waals surface area (Å²) in [4.78, 5) is 47.9. The molecule has 142 valence electrons. The zero-order valence-electron chi connectivity index (χ0n) is 14.4. The molecule has 1 fully saturated rings. The lowest BCUT2D eigenvalue weighted by atomic mass is 10.1. The van der Waals surface area contributed by atoms with E-state index < -0.39 is 39.8 Å². The van der Waals surface area contributed by atoms with Gasteiger partial charge in [0.25, 0.3) is 11.8 Å². The van der Waals surface area contributed by atoms with Crippen LogP contribution < -0.4 is 15.0 Å². The molecule has 10 nitrogen and oxygen atoms in total.